The second-order valence-electron chi connectivity index (χ2n) is 10.1. The Morgan fingerprint density at radius 3 is 1.39 bits per heavy atom. The summed E-state index contributed by atoms with van der Waals surface area (Å²) in [5.74, 6) is 0. The summed E-state index contributed by atoms with van der Waals surface area (Å²) in [6.45, 7) is -6.42. The van der Waals surface area contributed by atoms with Crippen LogP contribution in [0.3, 0.4) is 0 Å². The van der Waals surface area contributed by atoms with Crippen LogP contribution >= 0.6 is 0 Å². The number of fused-ring (bicyclic) bond motifs is 1. The number of hydrogen-bond donors (Lipinski definition) is 8. The minimum absolute atomic E-state index is 0.121. The minimum Gasteiger partial charge on any atom is -0.398 e. The van der Waals surface area contributed by atoms with Crippen molar-refractivity contribution in [3.63, 3.8) is 0 Å². The van der Waals surface area contributed by atoms with Crippen molar-refractivity contribution in [2.45, 2.75) is 34.5 Å². The van der Waals surface area contributed by atoms with E-state index < -0.39 is 95.2 Å². The van der Waals surface area contributed by atoms with Gasteiger partial charge in [0.15, 0.2) is 0 Å². The standard InChI is InChI=1S/C23H35B2NO12/c1-26-7-16(17-4-2-3-5-18(17)26)6-19(24-35-20(8-27,9-28)21(10-29,11-30)36-24)25-37-22(12-31,13-32)23(14-33,15-34)38-25/h2-5,7,19,27-34H,6,8-15H2,1H3. The van der Waals surface area contributed by atoms with Crippen molar-refractivity contribution in [2.75, 3.05) is 52.9 Å². The molecule has 0 spiro atoms. The van der Waals surface area contributed by atoms with E-state index in [0.29, 0.717) is 0 Å². The fourth-order valence-electron chi connectivity index (χ4n) is 5.53. The molecule has 13 nitrogen and oxygen atoms in total. The number of nitrogens with zero attached hydrogens (tertiary/aromatic N) is 1. The monoisotopic (exact) mass is 539 g/mol. The van der Waals surface area contributed by atoms with Crippen LogP contribution in [0.2, 0.25) is 5.72 Å². The fraction of sp³-hybridized carbons (Fsp3) is 0.652. The molecular formula is C23H35B2NO12. The van der Waals surface area contributed by atoms with E-state index in [1.165, 1.54) is 0 Å². The lowest BCUT2D eigenvalue weighted by atomic mass is 9.49. The molecule has 0 unspecified atom stereocenters. The van der Waals surface area contributed by atoms with Gasteiger partial charge in [-0.25, -0.2) is 0 Å². The van der Waals surface area contributed by atoms with Crippen LogP contribution in [0.25, 0.3) is 10.9 Å². The van der Waals surface area contributed by atoms with Crippen LogP contribution in [0, 0.1) is 0 Å². The van der Waals surface area contributed by atoms with E-state index in [2.05, 4.69) is 0 Å². The summed E-state index contributed by atoms with van der Waals surface area (Å²) < 4.78 is 26.0. The Morgan fingerprint density at radius 2 is 1.03 bits per heavy atom. The molecule has 8 N–H and O–H groups in total. The van der Waals surface area contributed by atoms with Crippen LogP contribution in [0.4, 0.5) is 0 Å². The molecule has 0 atom stereocenters. The van der Waals surface area contributed by atoms with Gasteiger partial charge < -0.3 is 64.0 Å². The fourth-order valence-corrected chi connectivity index (χ4v) is 5.53. The van der Waals surface area contributed by atoms with Gasteiger partial charge in [0.2, 0.25) is 0 Å². The molecule has 1 aromatic carbocycles. The van der Waals surface area contributed by atoms with Gasteiger partial charge in [0.1, 0.15) is 22.4 Å². The molecule has 0 saturated carbocycles. The Morgan fingerprint density at radius 1 is 0.658 bits per heavy atom. The van der Waals surface area contributed by atoms with E-state index in [0.717, 1.165) is 16.5 Å². The highest BCUT2D eigenvalue weighted by Crippen LogP contribution is 2.47. The van der Waals surface area contributed by atoms with Crippen LogP contribution < -0.4 is 0 Å². The maximum absolute atomic E-state index is 10.1. The van der Waals surface area contributed by atoms with Crippen LogP contribution in [0.15, 0.2) is 30.5 Å². The third-order valence-electron chi connectivity index (χ3n) is 8.21. The zero-order valence-corrected chi connectivity index (χ0v) is 21.1. The molecule has 1 aromatic heterocycles. The third kappa shape index (κ3) is 4.22. The SMILES string of the molecule is Cn1cc(CC(B2OC(CO)(CO)C(CO)(CO)O2)B2OC(CO)(CO)C(CO)(CO)O2)c2ccccc21. The van der Waals surface area contributed by atoms with E-state index in [1.54, 1.807) is 0 Å². The van der Waals surface area contributed by atoms with Gasteiger partial charge in [-0.15, -0.1) is 0 Å². The van der Waals surface area contributed by atoms with Gasteiger partial charge in [-0.05, 0) is 18.1 Å². The Hall–Kier alpha value is -1.59. The molecule has 15 heteroatoms. The summed E-state index contributed by atoms with van der Waals surface area (Å²) in [6.07, 6.45) is 1.99. The van der Waals surface area contributed by atoms with E-state index in [9.17, 15) is 40.9 Å². The van der Waals surface area contributed by atoms with Gasteiger partial charge in [-0.3, -0.25) is 0 Å². The second-order valence-corrected chi connectivity index (χ2v) is 10.1. The Labute approximate surface area is 220 Å². The van der Waals surface area contributed by atoms with E-state index >= 15 is 0 Å². The number of hydrogen-bond acceptors (Lipinski definition) is 12. The highest BCUT2D eigenvalue weighted by Gasteiger charge is 2.69. The smallest absolute Gasteiger partial charge is 0.398 e. The van der Waals surface area contributed by atoms with Gasteiger partial charge in [-0.1, -0.05) is 18.2 Å². The van der Waals surface area contributed by atoms with Crippen LogP contribution in [-0.2, 0) is 32.1 Å². The van der Waals surface area contributed by atoms with Crippen molar-refractivity contribution in [3.05, 3.63) is 36.0 Å². The summed E-state index contributed by atoms with van der Waals surface area (Å²) >= 11 is 0. The molecular weight excluding hydrogens is 504 g/mol. The molecule has 2 saturated heterocycles. The molecule has 0 aliphatic carbocycles. The summed E-state index contributed by atoms with van der Waals surface area (Å²) in [5, 5.41) is 82.1. The van der Waals surface area contributed by atoms with Crippen LogP contribution in [0.1, 0.15) is 5.56 Å². The largest absolute Gasteiger partial charge is 0.459 e. The number of aliphatic hydroxyl groups excluding tert-OH is 8. The zero-order valence-electron chi connectivity index (χ0n) is 21.1. The first-order chi connectivity index (χ1) is 18.2. The lowest BCUT2D eigenvalue weighted by Gasteiger charge is -2.39. The van der Waals surface area contributed by atoms with Gasteiger partial charge in [0, 0.05) is 29.9 Å². The molecule has 2 fully saturated rings. The number of aliphatic hydroxyl groups is 8. The Bertz CT molecular complexity index is 1000. The normalized spacial score (nSPS) is 21.7. The van der Waals surface area contributed by atoms with E-state index in [4.69, 9.17) is 18.6 Å². The van der Waals surface area contributed by atoms with Crippen molar-refractivity contribution in [3.8, 4) is 0 Å². The van der Waals surface area contributed by atoms with Crippen LogP contribution in [-0.4, -0.2) is 135 Å². The highest BCUT2D eigenvalue weighted by atomic mass is 16.7. The molecule has 2 aliphatic heterocycles. The average molecular weight is 539 g/mol. The maximum atomic E-state index is 10.1. The predicted molar refractivity (Wildman–Crippen MR) is 134 cm³/mol. The topological polar surface area (TPSA) is 204 Å². The first-order valence-corrected chi connectivity index (χ1v) is 12.3. The first-order valence-electron chi connectivity index (χ1n) is 12.3. The summed E-state index contributed by atoms with van der Waals surface area (Å²) in [5.41, 5.74) is -6.85. The molecule has 2 aromatic rings. The summed E-state index contributed by atoms with van der Waals surface area (Å²) in [7, 11) is -0.857. The van der Waals surface area contributed by atoms with Crippen molar-refractivity contribution in [1.82, 2.24) is 4.57 Å². The zero-order chi connectivity index (χ0) is 27.8. The van der Waals surface area contributed by atoms with E-state index in [-0.39, 0.29) is 6.42 Å². The highest BCUT2D eigenvalue weighted by molar-refractivity contribution is 6.68. The van der Waals surface area contributed by atoms with Gasteiger partial charge >= 0.3 is 14.2 Å². The first kappa shape index (κ1) is 29.4. The Kier molecular flexibility index (Phi) is 8.60. The van der Waals surface area contributed by atoms with E-state index in [1.807, 2.05) is 42.1 Å². The summed E-state index contributed by atoms with van der Waals surface area (Å²) in [6, 6.07) is 7.58. The molecule has 38 heavy (non-hydrogen) atoms. The lowest BCUT2D eigenvalue weighted by Crippen LogP contribution is -2.61. The minimum atomic E-state index is -1.90. The quantitative estimate of drug-likeness (QED) is 0.124. The lowest BCUT2D eigenvalue weighted by molar-refractivity contribution is -0.147. The van der Waals surface area contributed by atoms with Crippen molar-refractivity contribution >= 4 is 25.1 Å². The van der Waals surface area contributed by atoms with Crippen molar-refractivity contribution in [1.29, 1.82) is 0 Å². The van der Waals surface area contributed by atoms with Gasteiger partial charge in [-0.2, -0.15) is 0 Å². The number of aromatic nitrogens is 1. The van der Waals surface area contributed by atoms with Crippen molar-refractivity contribution in [2.24, 2.45) is 7.05 Å². The predicted octanol–water partition coefficient (Wildman–Crippen LogP) is -3.41. The molecule has 0 bridgehead atoms. The molecule has 4 rings (SSSR count). The van der Waals surface area contributed by atoms with Crippen LogP contribution in [0.5, 0.6) is 0 Å². The maximum Gasteiger partial charge on any atom is 0.459 e. The number of rotatable bonds is 12. The molecule has 2 aliphatic rings. The number of aryl methyl sites for hydroxylation is 1. The average Bonchev–Trinajstić information content (AvgIpc) is 3.59. The molecule has 0 amide bonds. The molecule has 0 radical (unpaired) electrons. The number of para-hydroxylation sites is 1. The van der Waals surface area contributed by atoms with Crippen molar-refractivity contribution < 1.29 is 59.5 Å². The van der Waals surface area contributed by atoms with Gasteiger partial charge in [0.25, 0.3) is 0 Å². The Balaban J connectivity index is 1.81. The second kappa shape index (κ2) is 11.1. The molecule has 3 heterocycles. The third-order valence-corrected chi connectivity index (χ3v) is 8.21. The summed E-state index contributed by atoms with van der Waals surface area (Å²) in [4.78, 5) is 0. The number of benzene rings is 1. The van der Waals surface area contributed by atoms with Gasteiger partial charge in [0.05, 0.1) is 52.9 Å². The molecule has 210 valence electrons.